The first kappa shape index (κ1) is 11.5. The smallest absolute Gasteiger partial charge is 0.135 e. The van der Waals surface area contributed by atoms with E-state index in [1.165, 1.54) is 19.3 Å². The molecule has 98 valence electrons. The van der Waals surface area contributed by atoms with Crippen LogP contribution >= 0.6 is 15.9 Å². The van der Waals surface area contributed by atoms with Crippen LogP contribution in [0.5, 0.6) is 0 Å². The van der Waals surface area contributed by atoms with Crippen molar-refractivity contribution in [1.82, 2.24) is 5.32 Å². The van der Waals surface area contributed by atoms with E-state index in [1.807, 2.05) is 6.07 Å². The van der Waals surface area contributed by atoms with Crippen LogP contribution < -0.4 is 5.32 Å². The summed E-state index contributed by atoms with van der Waals surface area (Å²) >= 11 is 3.62. The first-order chi connectivity index (χ1) is 8.81. The maximum atomic E-state index is 5.73. The third-order valence-electron chi connectivity index (χ3n) is 5.53. The maximum absolute atomic E-state index is 5.73. The van der Waals surface area contributed by atoms with Gasteiger partial charge in [-0.15, -0.1) is 0 Å². The summed E-state index contributed by atoms with van der Waals surface area (Å²) in [7, 11) is 0. The molecule has 0 aromatic carbocycles. The van der Waals surface area contributed by atoms with Crippen LogP contribution in [-0.4, -0.2) is 6.54 Å². The fourth-order valence-electron chi connectivity index (χ4n) is 4.99. The predicted octanol–water partition coefficient (Wildman–Crippen LogP) is 3.98. The zero-order chi connectivity index (χ0) is 12.3. The molecule has 5 atom stereocenters. The molecule has 2 bridgehead atoms. The molecule has 1 heterocycles. The number of nitrogens with one attached hydrogen (secondary N) is 1. The van der Waals surface area contributed by atoms with Crippen molar-refractivity contribution in [3.05, 3.63) is 22.6 Å². The molecule has 3 heteroatoms. The van der Waals surface area contributed by atoms with Crippen molar-refractivity contribution in [1.29, 1.82) is 0 Å². The highest BCUT2D eigenvalue weighted by atomic mass is 79.9. The van der Waals surface area contributed by atoms with Gasteiger partial charge in [0.2, 0.25) is 0 Å². The van der Waals surface area contributed by atoms with E-state index in [0.29, 0.717) is 6.04 Å². The van der Waals surface area contributed by atoms with Crippen LogP contribution in [0.2, 0.25) is 0 Å². The highest BCUT2D eigenvalue weighted by molar-refractivity contribution is 9.10. The SMILES string of the molecule is CCNC(c1occc1Br)C1C2C3CCC(C3)C21. The van der Waals surface area contributed by atoms with Gasteiger partial charge < -0.3 is 9.73 Å². The fourth-order valence-corrected chi connectivity index (χ4v) is 5.44. The lowest BCUT2D eigenvalue weighted by Gasteiger charge is -2.20. The first-order valence-electron chi connectivity index (χ1n) is 7.27. The van der Waals surface area contributed by atoms with E-state index in [1.54, 1.807) is 6.26 Å². The van der Waals surface area contributed by atoms with Gasteiger partial charge in [0.25, 0.3) is 0 Å². The zero-order valence-electron chi connectivity index (χ0n) is 10.7. The molecule has 1 aromatic heterocycles. The Balaban J connectivity index is 1.60. The second kappa shape index (κ2) is 4.11. The Labute approximate surface area is 117 Å². The average Bonchev–Trinajstić information content (AvgIpc) is 2.72. The van der Waals surface area contributed by atoms with Crippen LogP contribution in [0.25, 0.3) is 0 Å². The lowest BCUT2D eigenvalue weighted by Crippen LogP contribution is -2.25. The number of fused-ring (bicyclic) bond motifs is 5. The molecule has 3 aliphatic carbocycles. The lowest BCUT2D eigenvalue weighted by molar-refractivity contribution is 0.326. The molecule has 1 aromatic rings. The normalized spacial score (nSPS) is 42.0. The summed E-state index contributed by atoms with van der Waals surface area (Å²) in [5, 5.41) is 3.66. The molecule has 3 aliphatic rings. The van der Waals surface area contributed by atoms with Crippen molar-refractivity contribution in [2.75, 3.05) is 6.54 Å². The molecule has 4 rings (SSSR count). The Kier molecular flexibility index (Phi) is 2.63. The van der Waals surface area contributed by atoms with Gasteiger partial charge in [0.05, 0.1) is 16.8 Å². The maximum Gasteiger partial charge on any atom is 0.135 e. The van der Waals surface area contributed by atoms with Gasteiger partial charge in [-0.25, -0.2) is 0 Å². The first-order valence-corrected chi connectivity index (χ1v) is 8.06. The van der Waals surface area contributed by atoms with E-state index in [-0.39, 0.29) is 0 Å². The van der Waals surface area contributed by atoms with E-state index >= 15 is 0 Å². The summed E-state index contributed by atoms with van der Waals surface area (Å²) in [6, 6.07) is 2.45. The van der Waals surface area contributed by atoms with Gasteiger partial charge in [0, 0.05) is 0 Å². The van der Waals surface area contributed by atoms with Crippen molar-refractivity contribution in [3.63, 3.8) is 0 Å². The summed E-state index contributed by atoms with van der Waals surface area (Å²) in [4.78, 5) is 0. The van der Waals surface area contributed by atoms with Crippen LogP contribution in [0.3, 0.4) is 0 Å². The van der Waals surface area contributed by atoms with Gasteiger partial charge in [0.1, 0.15) is 5.76 Å². The van der Waals surface area contributed by atoms with Crippen LogP contribution in [-0.2, 0) is 0 Å². The fraction of sp³-hybridized carbons (Fsp3) is 0.733. The molecule has 0 aliphatic heterocycles. The van der Waals surface area contributed by atoms with E-state index in [4.69, 9.17) is 4.42 Å². The molecular weight excluding hydrogens is 290 g/mol. The molecule has 0 saturated heterocycles. The summed E-state index contributed by atoms with van der Waals surface area (Å²) in [5.41, 5.74) is 0. The Morgan fingerprint density at radius 1 is 1.39 bits per heavy atom. The largest absolute Gasteiger partial charge is 0.466 e. The van der Waals surface area contributed by atoms with Gasteiger partial charge >= 0.3 is 0 Å². The number of furan rings is 1. The Morgan fingerprint density at radius 2 is 2.11 bits per heavy atom. The second-order valence-corrected chi connectivity index (χ2v) is 7.09. The highest BCUT2D eigenvalue weighted by Crippen LogP contribution is 2.72. The van der Waals surface area contributed by atoms with E-state index in [0.717, 1.165) is 46.4 Å². The molecule has 18 heavy (non-hydrogen) atoms. The molecule has 2 nitrogen and oxygen atoms in total. The van der Waals surface area contributed by atoms with Crippen LogP contribution in [0.15, 0.2) is 21.2 Å². The summed E-state index contributed by atoms with van der Waals surface area (Å²) in [6.07, 6.45) is 6.29. The monoisotopic (exact) mass is 309 g/mol. The minimum atomic E-state index is 0.428. The van der Waals surface area contributed by atoms with Crippen LogP contribution in [0.4, 0.5) is 0 Å². The number of hydrogen-bond acceptors (Lipinski definition) is 2. The zero-order valence-corrected chi connectivity index (χ0v) is 12.3. The van der Waals surface area contributed by atoms with Crippen LogP contribution in [0, 0.1) is 29.6 Å². The van der Waals surface area contributed by atoms with Crippen molar-refractivity contribution < 1.29 is 4.42 Å². The lowest BCUT2D eigenvalue weighted by atomic mass is 9.96. The third-order valence-corrected chi connectivity index (χ3v) is 6.19. The third kappa shape index (κ3) is 1.50. The molecule has 1 N–H and O–H groups in total. The van der Waals surface area contributed by atoms with Crippen LogP contribution in [0.1, 0.15) is 38.0 Å². The average molecular weight is 310 g/mol. The van der Waals surface area contributed by atoms with E-state index in [9.17, 15) is 0 Å². The summed E-state index contributed by atoms with van der Waals surface area (Å²) in [6.45, 7) is 3.21. The minimum absolute atomic E-state index is 0.428. The van der Waals surface area contributed by atoms with Gasteiger partial charge in [-0.05, 0) is 77.4 Å². The molecule has 0 spiro atoms. The summed E-state index contributed by atoms with van der Waals surface area (Å²) < 4.78 is 6.86. The van der Waals surface area contributed by atoms with Gasteiger partial charge in [0.15, 0.2) is 0 Å². The van der Waals surface area contributed by atoms with Crippen molar-refractivity contribution in [2.24, 2.45) is 29.6 Å². The van der Waals surface area contributed by atoms with Gasteiger partial charge in [-0.3, -0.25) is 0 Å². The predicted molar refractivity (Wildman–Crippen MR) is 74.1 cm³/mol. The standard InChI is InChI=1S/C15H20BrNO/c1-2-17-14(15-10(16)5-6-18-15)13-11-8-3-4-9(7-8)12(11)13/h5-6,8-9,11-14,17H,2-4,7H2,1H3. The van der Waals surface area contributed by atoms with E-state index in [2.05, 4.69) is 28.2 Å². The number of hydrogen-bond donors (Lipinski definition) is 1. The van der Waals surface area contributed by atoms with Gasteiger partial charge in [-0.2, -0.15) is 0 Å². The molecular formula is C15H20BrNO. The Bertz CT molecular complexity index is 441. The molecule has 3 fully saturated rings. The summed E-state index contributed by atoms with van der Waals surface area (Å²) in [5.74, 6) is 5.99. The number of rotatable bonds is 4. The second-order valence-electron chi connectivity index (χ2n) is 6.23. The Hall–Kier alpha value is -0.280. The topological polar surface area (TPSA) is 25.2 Å². The highest BCUT2D eigenvalue weighted by Gasteiger charge is 2.67. The minimum Gasteiger partial charge on any atom is -0.466 e. The van der Waals surface area contributed by atoms with Crippen molar-refractivity contribution in [3.8, 4) is 0 Å². The number of halogens is 1. The molecule has 0 amide bonds. The van der Waals surface area contributed by atoms with Crippen molar-refractivity contribution >= 4 is 15.9 Å². The van der Waals surface area contributed by atoms with Crippen molar-refractivity contribution in [2.45, 2.75) is 32.2 Å². The van der Waals surface area contributed by atoms with E-state index < -0.39 is 0 Å². The molecule has 0 radical (unpaired) electrons. The van der Waals surface area contributed by atoms with Gasteiger partial charge in [-0.1, -0.05) is 6.92 Å². The quantitative estimate of drug-likeness (QED) is 0.910. The molecule has 5 unspecified atom stereocenters. The molecule has 3 saturated carbocycles. The Morgan fingerprint density at radius 3 is 2.67 bits per heavy atom.